The molecule has 160 valence electrons. The topological polar surface area (TPSA) is 79.5 Å². The van der Waals surface area contributed by atoms with Crippen LogP contribution in [0.2, 0.25) is 5.02 Å². The molecular weight excluding hydrogens is 390 g/mol. The van der Waals surface area contributed by atoms with Gasteiger partial charge in [0.25, 0.3) is 5.91 Å². The fourth-order valence-corrected chi connectivity index (χ4v) is 3.57. The van der Waals surface area contributed by atoms with Crippen molar-refractivity contribution in [3.63, 3.8) is 0 Å². The maximum Gasteiger partial charge on any atom is 0.263 e. The van der Waals surface area contributed by atoms with E-state index in [2.05, 4.69) is 16.0 Å². The van der Waals surface area contributed by atoms with Crippen molar-refractivity contribution in [2.24, 2.45) is 0 Å². The van der Waals surface area contributed by atoms with Crippen LogP contribution in [0, 0.1) is 0 Å². The molecule has 29 heavy (non-hydrogen) atoms. The molecule has 1 aliphatic rings. The van der Waals surface area contributed by atoms with Crippen LogP contribution in [-0.2, 0) is 9.59 Å². The number of carbonyl (C=O) groups excluding carboxylic acids is 2. The van der Waals surface area contributed by atoms with E-state index in [0.29, 0.717) is 30.3 Å². The lowest BCUT2D eigenvalue weighted by Crippen LogP contribution is -2.48. The second-order valence-corrected chi connectivity index (χ2v) is 9.40. The Morgan fingerprint density at radius 3 is 2.21 bits per heavy atom. The lowest BCUT2D eigenvalue weighted by molar-refractivity contribution is -0.134. The Morgan fingerprint density at radius 2 is 1.66 bits per heavy atom. The average molecular weight is 422 g/mol. The van der Waals surface area contributed by atoms with Gasteiger partial charge in [0, 0.05) is 34.8 Å². The maximum atomic E-state index is 12.5. The highest BCUT2D eigenvalue weighted by molar-refractivity contribution is 6.30. The Morgan fingerprint density at radius 1 is 1.07 bits per heavy atom. The minimum Gasteiger partial charge on any atom is -0.478 e. The highest BCUT2D eigenvalue weighted by Gasteiger charge is 2.39. The first-order valence-corrected chi connectivity index (χ1v) is 10.2. The zero-order valence-corrected chi connectivity index (χ0v) is 18.9. The highest BCUT2D eigenvalue weighted by atomic mass is 35.5. The lowest BCUT2D eigenvalue weighted by Gasteiger charge is -2.27. The molecule has 1 aromatic rings. The predicted octanol–water partition coefficient (Wildman–Crippen LogP) is 3.21. The van der Waals surface area contributed by atoms with E-state index in [1.807, 2.05) is 33.8 Å². The molecule has 0 saturated carbocycles. The number of ether oxygens (including phenoxy) is 1. The van der Waals surface area contributed by atoms with Crippen LogP contribution < -0.4 is 20.7 Å². The largest absolute Gasteiger partial charge is 0.478 e. The van der Waals surface area contributed by atoms with Gasteiger partial charge in [-0.2, -0.15) is 0 Å². The maximum absolute atomic E-state index is 12.5. The first-order chi connectivity index (χ1) is 13.3. The Balaban J connectivity index is 1.75. The van der Waals surface area contributed by atoms with Crippen molar-refractivity contribution in [2.45, 2.75) is 64.6 Å². The van der Waals surface area contributed by atoms with Crippen LogP contribution in [-0.4, -0.2) is 41.6 Å². The van der Waals surface area contributed by atoms with E-state index in [1.165, 1.54) is 0 Å². The molecule has 2 rings (SSSR count). The van der Waals surface area contributed by atoms with Gasteiger partial charge in [0.05, 0.1) is 0 Å². The second kappa shape index (κ2) is 8.76. The summed E-state index contributed by atoms with van der Waals surface area (Å²) in [5.74, 6) is 0.279. The standard InChI is InChI=1S/C22H32ClN3O3/c1-20(2)14-17(21(3,4)26-20)18(27)24-12-7-13-25-19(28)22(5,6)29-16-10-8-15(23)9-11-16/h8-11,14,26H,7,12-13H2,1-6H3,(H,24,27)(H,25,28). The average Bonchev–Trinajstić information content (AvgIpc) is 2.83. The van der Waals surface area contributed by atoms with Gasteiger partial charge in [-0.1, -0.05) is 17.7 Å². The number of hydrogen-bond donors (Lipinski definition) is 3. The van der Waals surface area contributed by atoms with Crippen molar-refractivity contribution in [1.29, 1.82) is 0 Å². The summed E-state index contributed by atoms with van der Waals surface area (Å²) in [6.07, 6.45) is 2.60. The van der Waals surface area contributed by atoms with E-state index in [1.54, 1.807) is 38.1 Å². The van der Waals surface area contributed by atoms with E-state index in [4.69, 9.17) is 16.3 Å². The van der Waals surface area contributed by atoms with Crippen molar-refractivity contribution < 1.29 is 14.3 Å². The number of nitrogens with one attached hydrogen (secondary N) is 3. The van der Waals surface area contributed by atoms with E-state index in [-0.39, 0.29) is 22.9 Å². The van der Waals surface area contributed by atoms with Crippen LogP contribution in [0.25, 0.3) is 0 Å². The summed E-state index contributed by atoms with van der Waals surface area (Å²) < 4.78 is 5.77. The zero-order valence-electron chi connectivity index (χ0n) is 18.1. The van der Waals surface area contributed by atoms with Crippen LogP contribution in [0.5, 0.6) is 5.75 Å². The van der Waals surface area contributed by atoms with Gasteiger partial charge in [-0.25, -0.2) is 0 Å². The fraction of sp³-hybridized carbons (Fsp3) is 0.545. The Bertz CT molecular complexity index is 783. The molecule has 0 aliphatic carbocycles. The van der Waals surface area contributed by atoms with E-state index >= 15 is 0 Å². The molecule has 2 amide bonds. The minimum atomic E-state index is -1.02. The van der Waals surface area contributed by atoms with Gasteiger partial charge < -0.3 is 15.4 Å². The molecule has 1 aliphatic heterocycles. The van der Waals surface area contributed by atoms with E-state index in [9.17, 15) is 9.59 Å². The minimum absolute atomic E-state index is 0.0780. The third-order valence-electron chi connectivity index (χ3n) is 4.72. The Hall–Kier alpha value is -2.05. The first-order valence-electron chi connectivity index (χ1n) is 9.86. The summed E-state index contributed by atoms with van der Waals surface area (Å²) >= 11 is 5.87. The van der Waals surface area contributed by atoms with Crippen molar-refractivity contribution in [3.05, 3.63) is 40.9 Å². The highest BCUT2D eigenvalue weighted by Crippen LogP contribution is 2.29. The SMILES string of the molecule is CC1(C)C=C(C(=O)NCCCNC(=O)C(C)(C)Oc2ccc(Cl)cc2)C(C)(C)N1. The molecular formula is C22H32ClN3O3. The van der Waals surface area contributed by atoms with E-state index < -0.39 is 5.60 Å². The van der Waals surface area contributed by atoms with Gasteiger partial charge in [-0.15, -0.1) is 0 Å². The van der Waals surface area contributed by atoms with Gasteiger partial charge in [0.1, 0.15) is 5.75 Å². The van der Waals surface area contributed by atoms with Crippen LogP contribution in [0.15, 0.2) is 35.9 Å². The molecule has 0 saturated heterocycles. The van der Waals surface area contributed by atoms with Crippen molar-refractivity contribution in [3.8, 4) is 5.75 Å². The summed E-state index contributed by atoms with van der Waals surface area (Å²) in [4.78, 5) is 24.9. The molecule has 3 N–H and O–H groups in total. The smallest absolute Gasteiger partial charge is 0.263 e. The summed E-state index contributed by atoms with van der Waals surface area (Å²) in [7, 11) is 0. The van der Waals surface area contributed by atoms with Crippen LogP contribution >= 0.6 is 11.6 Å². The predicted molar refractivity (Wildman–Crippen MR) is 116 cm³/mol. The fourth-order valence-electron chi connectivity index (χ4n) is 3.44. The van der Waals surface area contributed by atoms with Crippen molar-refractivity contribution in [1.82, 2.24) is 16.0 Å². The van der Waals surface area contributed by atoms with Crippen molar-refractivity contribution in [2.75, 3.05) is 13.1 Å². The molecule has 7 heteroatoms. The molecule has 0 bridgehead atoms. The number of benzene rings is 1. The Labute approximate surface area is 178 Å². The molecule has 0 fully saturated rings. The molecule has 0 atom stereocenters. The van der Waals surface area contributed by atoms with Crippen molar-refractivity contribution >= 4 is 23.4 Å². The molecule has 0 radical (unpaired) electrons. The first kappa shape index (κ1) is 23.2. The third kappa shape index (κ3) is 6.47. The van der Waals surface area contributed by atoms with E-state index in [0.717, 1.165) is 5.57 Å². The van der Waals surface area contributed by atoms with Gasteiger partial charge in [-0.3, -0.25) is 14.9 Å². The summed E-state index contributed by atoms with van der Waals surface area (Å²) in [5.41, 5.74) is -0.860. The monoisotopic (exact) mass is 421 g/mol. The number of amides is 2. The summed E-state index contributed by atoms with van der Waals surface area (Å²) in [5, 5.41) is 9.83. The van der Waals surface area contributed by atoms with Crippen LogP contribution in [0.3, 0.4) is 0 Å². The molecule has 0 spiro atoms. The van der Waals surface area contributed by atoms with Gasteiger partial charge >= 0.3 is 0 Å². The molecule has 0 unspecified atom stereocenters. The van der Waals surface area contributed by atoms with Gasteiger partial charge in [-0.05, 0) is 72.2 Å². The zero-order chi connectivity index (χ0) is 21.9. The number of rotatable bonds is 8. The summed E-state index contributed by atoms with van der Waals surface area (Å²) in [6.45, 7) is 12.4. The molecule has 6 nitrogen and oxygen atoms in total. The van der Waals surface area contributed by atoms with Gasteiger partial charge in [0.2, 0.25) is 5.91 Å². The molecule has 1 aromatic carbocycles. The number of halogens is 1. The number of carbonyl (C=O) groups is 2. The molecule has 0 aromatic heterocycles. The van der Waals surface area contributed by atoms with Gasteiger partial charge in [0.15, 0.2) is 5.60 Å². The normalized spacial score (nSPS) is 17.4. The van der Waals surface area contributed by atoms with Crippen LogP contribution in [0.4, 0.5) is 0 Å². The van der Waals surface area contributed by atoms with Crippen LogP contribution in [0.1, 0.15) is 48.0 Å². The molecule has 1 heterocycles. The Kier molecular flexibility index (Phi) is 7.01. The lowest BCUT2D eigenvalue weighted by atomic mass is 9.96. The summed E-state index contributed by atoms with van der Waals surface area (Å²) in [6, 6.07) is 6.88. The number of hydrogen-bond acceptors (Lipinski definition) is 4. The third-order valence-corrected chi connectivity index (χ3v) is 4.97. The second-order valence-electron chi connectivity index (χ2n) is 8.96. The quantitative estimate of drug-likeness (QED) is 0.563.